The van der Waals surface area contributed by atoms with Crippen molar-refractivity contribution in [2.24, 2.45) is 0 Å². The van der Waals surface area contributed by atoms with Gasteiger partial charge in [-0.25, -0.2) is 4.39 Å². The molecule has 0 saturated heterocycles. The third-order valence-electron chi connectivity index (χ3n) is 1.80. The van der Waals surface area contributed by atoms with Gasteiger partial charge in [0.15, 0.2) is 0 Å². The highest BCUT2D eigenvalue weighted by atomic mass is 35.5. The van der Waals surface area contributed by atoms with E-state index in [0.717, 1.165) is 0 Å². The quantitative estimate of drug-likeness (QED) is 0.701. The Balaban J connectivity index is 2.82. The summed E-state index contributed by atoms with van der Waals surface area (Å²) in [5.74, 6) is -0.538. The molecule has 5 heteroatoms. The van der Waals surface area contributed by atoms with Crippen molar-refractivity contribution in [3.63, 3.8) is 0 Å². The summed E-state index contributed by atoms with van der Waals surface area (Å²) in [4.78, 5) is 0. The first-order valence-corrected chi connectivity index (χ1v) is 4.88. The van der Waals surface area contributed by atoms with Crippen LogP contribution < -0.4 is 11.1 Å². The van der Waals surface area contributed by atoms with Crippen molar-refractivity contribution in [2.45, 2.75) is 19.4 Å². The van der Waals surface area contributed by atoms with Gasteiger partial charge in [0.2, 0.25) is 0 Å². The van der Waals surface area contributed by atoms with Crippen molar-refractivity contribution < 1.29 is 9.50 Å². The molecule has 4 N–H and O–H groups in total. The predicted octanol–water partition coefficient (Wildman–Crippen LogP) is 2.24. The van der Waals surface area contributed by atoms with Crippen LogP contribution in [0.2, 0.25) is 5.02 Å². The molecular weight excluding hydrogens is 219 g/mol. The van der Waals surface area contributed by atoms with Crippen LogP contribution in [0.3, 0.4) is 0 Å². The van der Waals surface area contributed by atoms with E-state index in [-0.39, 0.29) is 11.6 Å². The monoisotopic (exact) mass is 232 g/mol. The van der Waals surface area contributed by atoms with E-state index in [1.165, 1.54) is 12.1 Å². The molecule has 0 atom stereocenters. The number of halogens is 2. The summed E-state index contributed by atoms with van der Waals surface area (Å²) in [5.41, 5.74) is 5.52. The fourth-order valence-corrected chi connectivity index (χ4v) is 1.20. The number of nitrogen functional groups attached to an aromatic ring is 1. The minimum atomic E-state index is -0.886. The van der Waals surface area contributed by atoms with Gasteiger partial charge in [-0.3, -0.25) is 0 Å². The molecule has 15 heavy (non-hydrogen) atoms. The van der Waals surface area contributed by atoms with E-state index in [4.69, 9.17) is 17.3 Å². The van der Waals surface area contributed by atoms with Crippen molar-refractivity contribution in [3.05, 3.63) is 23.0 Å². The summed E-state index contributed by atoms with van der Waals surface area (Å²) in [6.45, 7) is 3.56. The Labute approximate surface area is 93.0 Å². The van der Waals surface area contributed by atoms with Gasteiger partial charge in [0.05, 0.1) is 22.0 Å². The molecule has 3 nitrogen and oxygen atoms in total. The van der Waals surface area contributed by atoms with E-state index in [1.807, 2.05) is 0 Å². The lowest BCUT2D eigenvalue weighted by Crippen LogP contribution is -2.29. The zero-order valence-corrected chi connectivity index (χ0v) is 9.40. The van der Waals surface area contributed by atoms with Crippen molar-refractivity contribution in [1.82, 2.24) is 0 Å². The van der Waals surface area contributed by atoms with Gasteiger partial charge in [0.25, 0.3) is 0 Å². The lowest BCUT2D eigenvalue weighted by Gasteiger charge is -2.19. The number of anilines is 2. The van der Waals surface area contributed by atoms with Crippen LogP contribution >= 0.6 is 11.6 Å². The van der Waals surface area contributed by atoms with Crippen LogP contribution in [-0.4, -0.2) is 17.3 Å². The Morgan fingerprint density at radius 3 is 2.67 bits per heavy atom. The van der Waals surface area contributed by atoms with Crippen molar-refractivity contribution in [2.75, 3.05) is 17.6 Å². The van der Waals surface area contributed by atoms with Crippen LogP contribution in [0.25, 0.3) is 0 Å². The zero-order valence-electron chi connectivity index (χ0n) is 8.64. The smallest absolute Gasteiger partial charge is 0.143 e. The van der Waals surface area contributed by atoms with E-state index in [9.17, 15) is 9.50 Å². The standard InChI is InChI=1S/C10H14ClFN2O/c1-10(2,15)5-14-9-4-7(12)6(11)3-8(9)13/h3-4,14-15H,5,13H2,1-2H3. The Kier molecular flexibility index (Phi) is 3.42. The molecule has 84 valence electrons. The molecule has 0 aliphatic carbocycles. The maximum absolute atomic E-state index is 13.1. The van der Waals surface area contributed by atoms with Crippen LogP contribution in [0.15, 0.2) is 12.1 Å². The summed E-state index contributed by atoms with van der Waals surface area (Å²) in [6, 6.07) is 2.55. The summed E-state index contributed by atoms with van der Waals surface area (Å²) in [5, 5.41) is 12.3. The average Bonchev–Trinajstić information content (AvgIpc) is 2.07. The Morgan fingerprint density at radius 2 is 2.13 bits per heavy atom. The Hall–Kier alpha value is -1.00. The second-order valence-corrected chi connectivity index (χ2v) is 4.43. The van der Waals surface area contributed by atoms with Crippen LogP contribution in [0, 0.1) is 5.82 Å². The number of aliphatic hydroxyl groups is 1. The summed E-state index contributed by atoms with van der Waals surface area (Å²) >= 11 is 5.54. The van der Waals surface area contributed by atoms with E-state index >= 15 is 0 Å². The number of nitrogens with one attached hydrogen (secondary N) is 1. The van der Waals surface area contributed by atoms with Crippen molar-refractivity contribution in [1.29, 1.82) is 0 Å². The van der Waals surface area contributed by atoms with Crippen LogP contribution in [0.5, 0.6) is 0 Å². The molecule has 1 aromatic carbocycles. The molecule has 0 spiro atoms. The third kappa shape index (κ3) is 3.57. The molecule has 0 aliphatic rings. The number of rotatable bonds is 3. The maximum Gasteiger partial charge on any atom is 0.143 e. The number of hydrogen-bond acceptors (Lipinski definition) is 3. The third-order valence-corrected chi connectivity index (χ3v) is 2.09. The topological polar surface area (TPSA) is 58.3 Å². The minimum absolute atomic E-state index is 0.0127. The number of hydrogen-bond donors (Lipinski definition) is 3. The van der Waals surface area contributed by atoms with Crippen LogP contribution in [0.4, 0.5) is 15.8 Å². The van der Waals surface area contributed by atoms with Gasteiger partial charge < -0.3 is 16.2 Å². The van der Waals surface area contributed by atoms with Gasteiger partial charge in [-0.15, -0.1) is 0 Å². The van der Waals surface area contributed by atoms with E-state index in [2.05, 4.69) is 5.32 Å². The van der Waals surface area contributed by atoms with Crippen LogP contribution in [-0.2, 0) is 0 Å². The summed E-state index contributed by atoms with van der Waals surface area (Å²) < 4.78 is 13.1. The van der Waals surface area contributed by atoms with Gasteiger partial charge in [0, 0.05) is 12.6 Å². The first-order valence-electron chi connectivity index (χ1n) is 4.50. The van der Waals surface area contributed by atoms with Gasteiger partial charge >= 0.3 is 0 Å². The zero-order chi connectivity index (χ0) is 11.6. The first kappa shape index (κ1) is 12.1. The fourth-order valence-electron chi connectivity index (χ4n) is 1.03. The first-order chi connectivity index (χ1) is 6.79. The molecule has 0 bridgehead atoms. The molecule has 0 amide bonds. The SMILES string of the molecule is CC(C)(O)CNc1cc(F)c(Cl)cc1N. The molecule has 0 radical (unpaired) electrons. The van der Waals surface area contributed by atoms with Gasteiger partial charge in [-0.05, 0) is 19.9 Å². The second-order valence-electron chi connectivity index (χ2n) is 4.02. The van der Waals surface area contributed by atoms with Crippen molar-refractivity contribution in [3.8, 4) is 0 Å². The summed E-state index contributed by atoms with van der Waals surface area (Å²) in [6.07, 6.45) is 0. The Bertz CT molecular complexity index is 363. The van der Waals surface area contributed by atoms with Crippen molar-refractivity contribution >= 4 is 23.0 Å². The molecule has 0 heterocycles. The van der Waals surface area contributed by atoms with Gasteiger partial charge in [-0.2, -0.15) is 0 Å². The maximum atomic E-state index is 13.1. The number of nitrogens with two attached hydrogens (primary N) is 1. The number of benzene rings is 1. The highest BCUT2D eigenvalue weighted by molar-refractivity contribution is 6.31. The molecule has 0 fully saturated rings. The largest absolute Gasteiger partial charge is 0.397 e. The molecule has 0 saturated carbocycles. The molecule has 1 rings (SSSR count). The molecule has 0 aliphatic heterocycles. The van der Waals surface area contributed by atoms with E-state index in [1.54, 1.807) is 13.8 Å². The van der Waals surface area contributed by atoms with Gasteiger partial charge in [-0.1, -0.05) is 11.6 Å². The predicted molar refractivity (Wildman–Crippen MR) is 60.6 cm³/mol. The highest BCUT2D eigenvalue weighted by Gasteiger charge is 2.13. The van der Waals surface area contributed by atoms with E-state index in [0.29, 0.717) is 11.4 Å². The molecule has 0 aromatic heterocycles. The molecular formula is C10H14ClFN2O. The molecule has 0 unspecified atom stereocenters. The average molecular weight is 233 g/mol. The summed E-state index contributed by atoms with van der Waals surface area (Å²) in [7, 11) is 0. The normalized spacial score (nSPS) is 11.5. The Morgan fingerprint density at radius 1 is 1.53 bits per heavy atom. The fraction of sp³-hybridized carbons (Fsp3) is 0.400. The molecule has 1 aromatic rings. The lowest BCUT2D eigenvalue weighted by molar-refractivity contribution is 0.0945. The highest BCUT2D eigenvalue weighted by Crippen LogP contribution is 2.26. The van der Waals surface area contributed by atoms with Gasteiger partial charge in [0.1, 0.15) is 5.82 Å². The van der Waals surface area contributed by atoms with Crippen LogP contribution in [0.1, 0.15) is 13.8 Å². The lowest BCUT2D eigenvalue weighted by atomic mass is 10.1. The second kappa shape index (κ2) is 4.24. The van der Waals surface area contributed by atoms with E-state index < -0.39 is 11.4 Å². The minimum Gasteiger partial charge on any atom is -0.397 e.